The van der Waals surface area contributed by atoms with Crippen molar-refractivity contribution in [3.05, 3.63) is 52.3 Å². The summed E-state index contributed by atoms with van der Waals surface area (Å²) in [5.74, 6) is -6.89. The standard InChI is InChI=1S/C29H28F11N5O3/c1-13(27(32,33)34)24(46)41-11-14-2-7-19(29(38,39)40)15(8-14)9-22-43-20-10-18(26(45-23(20)44-22)48-12-21(30)31)25(47)42-17-5-3-16(4-6-17)28(35,36)37/h2,7-8,10,13,16-17,21H,3-6,9,11-12H2,1H3,(H,41,46)(H,42,47)(H,43,44,45). The van der Waals surface area contributed by atoms with E-state index in [1.807, 2.05) is 5.32 Å². The molecule has 0 bridgehead atoms. The van der Waals surface area contributed by atoms with Crippen molar-refractivity contribution in [3.63, 3.8) is 0 Å². The lowest BCUT2D eigenvalue weighted by Gasteiger charge is -2.30. The van der Waals surface area contributed by atoms with Crippen molar-refractivity contribution < 1.29 is 62.6 Å². The second kappa shape index (κ2) is 14.1. The predicted molar refractivity (Wildman–Crippen MR) is 146 cm³/mol. The van der Waals surface area contributed by atoms with Crippen molar-refractivity contribution in [3.8, 4) is 5.88 Å². The van der Waals surface area contributed by atoms with Gasteiger partial charge in [-0.15, -0.1) is 0 Å². The van der Waals surface area contributed by atoms with E-state index in [4.69, 9.17) is 4.74 Å². The lowest BCUT2D eigenvalue weighted by Crippen LogP contribution is -2.40. The number of ether oxygens (including phenoxy) is 1. The van der Waals surface area contributed by atoms with Gasteiger partial charge in [-0.25, -0.2) is 13.8 Å². The number of carbonyl (C=O) groups is 2. The maximum atomic E-state index is 13.8. The first-order valence-corrected chi connectivity index (χ1v) is 14.4. The zero-order valence-electron chi connectivity index (χ0n) is 24.8. The molecule has 1 fully saturated rings. The fourth-order valence-electron chi connectivity index (χ4n) is 5.15. The molecule has 2 heterocycles. The Morgan fingerprint density at radius 3 is 2.23 bits per heavy atom. The van der Waals surface area contributed by atoms with E-state index in [0.29, 0.717) is 13.0 Å². The summed E-state index contributed by atoms with van der Waals surface area (Å²) in [5.41, 5.74) is -2.08. The Labute approximate surface area is 264 Å². The van der Waals surface area contributed by atoms with Crippen molar-refractivity contribution in [1.29, 1.82) is 0 Å². The summed E-state index contributed by atoms with van der Waals surface area (Å²) in [5, 5.41) is 4.57. The van der Waals surface area contributed by atoms with Crippen LogP contribution in [0.25, 0.3) is 11.2 Å². The van der Waals surface area contributed by atoms with Crippen molar-refractivity contribution in [2.75, 3.05) is 6.61 Å². The minimum absolute atomic E-state index is 0.00133. The molecule has 1 saturated carbocycles. The summed E-state index contributed by atoms with van der Waals surface area (Å²) in [4.78, 5) is 35.7. The van der Waals surface area contributed by atoms with Crippen LogP contribution >= 0.6 is 0 Å². The highest BCUT2D eigenvalue weighted by Gasteiger charge is 2.42. The average Bonchev–Trinajstić information content (AvgIpc) is 3.37. The van der Waals surface area contributed by atoms with Gasteiger partial charge in [-0.05, 0) is 55.9 Å². The number of nitrogens with zero attached hydrogens (tertiary/aromatic N) is 2. The van der Waals surface area contributed by atoms with Crippen LogP contribution in [0.5, 0.6) is 5.88 Å². The highest BCUT2D eigenvalue weighted by Crippen LogP contribution is 2.38. The number of aromatic amines is 1. The Morgan fingerprint density at radius 1 is 0.979 bits per heavy atom. The molecule has 0 aliphatic heterocycles. The molecule has 1 unspecified atom stereocenters. The van der Waals surface area contributed by atoms with Gasteiger partial charge in [0.1, 0.15) is 17.3 Å². The summed E-state index contributed by atoms with van der Waals surface area (Å²) < 4.78 is 150. The third-order valence-corrected chi connectivity index (χ3v) is 7.79. The molecule has 0 saturated heterocycles. The van der Waals surface area contributed by atoms with E-state index in [1.54, 1.807) is 0 Å². The summed E-state index contributed by atoms with van der Waals surface area (Å²) in [6.45, 7) is -1.08. The third-order valence-electron chi connectivity index (χ3n) is 7.79. The molecular formula is C29H28F11N5O3. The average molecular weight is 704 g/mol. The number of imidazole rings is 1. The van der Waals surface area contributed by atoms with Crippen LogP contribution in [0.4, 0.5) is 48.3 Å². The van der Waals surface area contributed by atoms with Crippen LogP contribution in [0.1, 0.15) is 65.5 Å². The number of carbonyl (C=O) groups excluding carboxylic acids is 2. The first kappa shape index (κ1) is 36.6. The molecular weight excluding hydrogens is 675 g/mol. The van der Waals surface area contributed by atoms with Gasteiger partial charge in [0.15, 0.2) is 12.3 Å². The second-order valence-electron chi connectivity index (χ2n) is 11.3. The van der Waals surface area contributed by atoms with Gasteiger partial charge in [-0.1, -0.05) is 12.1 Å². The Hall–Kier alpha value is -4.19. The number of benzene rings is 1. The van der Waals surface area contributed by atoms with Gasteiger partial charge in [0.25, 0.3) is 12.3 Å². The van der Waals surface area contributed by atoms with Crippen LogP contribution in [-0.4, -0.2) is 58.2 Å². The molecule has 3 N–H and O–H groups in total. The van der Waals surface area contributed by atoms with Crippen molar-refractivity contribution >= 4 is 23.0 Å². The quantitative estimate of drug-likeness (QED) is 0.200. The van der Waals surface area contributed by atoms with E-state index in [1.165, 1.54) is 0 Å². The van der Waals surface area contributed by atoms with Crippen LogP contribution in [0.3, 0.4) is 0 Å². The lowest BCUT2D eigenvalue weighted by atomic mass is 9.85. The Bertz CT molecular complexity index is 1610. The highest BCUT2D eigenvalue weighted by molar-refractivity contribution is 5.99. The van der Waals surface area contributed by atoms with Crippen LogP contribution in [0, 0.1) is 11.8 Å². The number of pyridine rings is 1. The van der Waals surface area contributed by atoms with Gasteiger partial charge >= 0.3 is 18.5 Å². The van der Waals surface area contributed by atoms with E-state index in [9.17, 15) is 57.9 Å². The second-order valence-corrected chi connectivity index (χ2v) is 11.3. The molecule has 48 heavy (non-hydrogen) atoms. The third kappa shape index (κ3) is 9.24. The highest BCUT2D eigenvalue weighted by atomic mass is 19.4. The number of halogens is 11. The van der Waals surface area contributed by atoms with Gasteiger partial charge in [0.2, 0.25) is 11.8 Å². The normalized spacial score (nSPS) is 18.2. The number of nitrogens with one attached hydrogen (secondary N) is 3. The van der Waals surface area contributed by atoms with Gasteiger partial charge in [0.05, 0.1) is 17.0 Å². The molecule has 2 aromatic heterocycles. The molecule has 264 valence electrons. The minimum atomic E-state index is -4.87. The Morgan fingerprint density at radius 2 is 1.65 bits per heavy atom. The number of alkyl halides is 11. The SMILES string of the molecule is CC(C(=O)NCc1ccc(C(F)(F)F)c(Cc2nc3nc(OCC(F)F)c(C(=O)NC4CCC(C(F)(F)F)CC4)cc3[nH]2)c1)C(F)(F)F. The number of aromatic nitrogens is 3. The first-order valence-electron chi connectivity index (χ1n) is 14.4. The molecule has 8 nitrogen and oxygen atoms in total. The molecule has 0 spiro atoms. The molecule has 1 aromatic carbocycles. The van der Waals surface area contributed by atoms with Crippen LogP contribution in [0.2, 0.25) is 0 Å². The Kier molecular flexibility index (Phi) is 10.8. The summed E-state index contributed by atoms with van der Waals surface area (Å²) >= 11 is 0. The van der Waals surface area contributed by atoms with E-state index < -0.39 is 91.2 Å². The fraction of sp³-hybridized carbons (Fsp3) is 0.517. The zero-order valence-corrected chi connectivity index (χ0v) is 24.8. The molecule has 1 aliphatic rings. The van der Waals surface area contributed by atoms with Crippen LogP contribution in [0.15, 0.2) is 24.3 Å². The Balaban J connectivity index is 1.59. The monoisotopic (exact) mass is 703 g/mol. The van der Waals surface area contributed by atoms with Crippen molar-refractivity contribution in [2.45, 2.75) is 76.6 Å². The molecule has 19 heteroatoms. The van der Waals surface area contributed by atoms with E-state index >= 15 is 0 Å². The van der Waals surface area contributed by atoms with Crippen LogP contribution < -0.4 is 15.4 Å². The molecule has 2 amide bonds. The van der Waals surface area contributed by atoms with Gasteiger partial charge in [-0.2, -0.15) is 44.5 Å². The van der Waals surface area contributed by atoms with Crippen molar-refractivity contribution in [2.24, 2.45) is 11.8 Å². The zero-order chi connectivity index (χ0) is 35.6. The molecule has 0 radical (unpaired) electrons. The number of rotatable bonds is 10. The molecule has 3 aromatic rings. The smallest absolute Gasteiger partial charge is 0.416 e. The fourth-order valence-corrected chi connectivity index (χ4v) is 5.15. The van der Waals surface area contributed by atoms with E-state index in [0.717, 1.165) is 18.2 Å². The molecule has 1 aliphatic carbocycles. The maximum absolute atomic E-state index is 13.8. The largest absolute Gasteiger partial charge is 0.471 e. The van der Waals surface area contributed by atoms with Crippen LogP contribution in [-0.2, 0) is 23.9 Å². The number of hydrogen-bond acceptors (Lipinski definition) is 5. The van der Waals surface area contributed by atoms with Gasteiger partial charge in [-0.3, -0.25) is 9.59 Å². The lowest BCUT2D eigenvalue weighted by molar-refractivity contribution is -0.182. The summed E-state index contributed by atoms with van der Waals surface area (Å²) in [6, 6.07) is 3.13. The maximum Gasteiger partial charge on any atom is 0.416 e. The van der Waals surface area contributed by atoms with Crippen molar-refractivity contribution in [1.82, 2.24) is 25.6 Å². The number of amides is 2. The number of fused-ring (bicyclic) bond motifs is 1. The topological polar surface area (TPSA) is 109 Å². The minimum Gasteiger partial charge on any atom is -0.471 e. The molecule has 1 atom stereocenters. The number of H-pyrrole nitrogens is 1. The first-order chi connectivity index (χ1) is 22.2. The number of hydrogen-bond donors (Lipinski definition) is 3. The van der Waals surface area contributed by atoms with E-state index in [-0.39, 0.29) is 53.8 Å². The summed E-state index contributed by atoms with van der Waals surface area (Å²) in [6.07, 6.45) is -18.1. The predicted octanol–water partition coefficient (Wildman–Crippen LogP) is 6.88. The van der Waals surface area contributed by atoms with Gasteiger partial charge < -0.3 is 20.4 Å². The summed E-state index contributed by atoms with van der Waals surface area (Å²) in [7, 11) is 0. The molecule has 4 rings (SSSR count). The van der Waals surface area contributed by atoms with Gasteiger partial charge in [0, 0.05) is 19.0 Å². The van der Waals surface area contributed by atoms with E-state index in [2.05, 4.69) is 20.3 Å².